The summed E-state index contributed by atoms with van der Waals surface area (Å²) in [7, 11) is 0. The van der Waals surface area contributed by atoms with Gasteiger partial charge in [-0.3, -0.25) is 4.98 Å². The molecule has 0 radical (unpaired) electrons. The van der Waals surface area contributed by atoms with Crippen LogP contribution in [0, 0.1) is 11.3 Å². The van der Waals surface area contributed by atoms with E-state index in [1.54, 1.807) is 0 Å². The number of hydrogen-bond donors (Lipinski definition) is 0. The van der Waals surface area contributed by atoms with Crippen molar-refractivity contribution < 1.29 is 13.2 Å². The van der Waals surface area contributed by atoms with E-state index in [4.69, 9.17) is 5.26 Å². The van der Waals surface area contributed by atoms with Crippen LogP contribution >= 0.6 is 0 Å². The van der Waals surface area contributed by atoms with E-state index in [1.807, 2.05) is 6.07 Å². The van der Waals surface area contributed by atoms with Gasteiger partial charge in [0.2, 0.25) is 0 Å². The van der Waals surface area contributed by atoms with E-state index in [9.17, 15) is 13.2 Å². The maximum atomic E-state index is 12.6. The zero-order chi connectivity index (χ0) is 11.1. The summed E-state index contributed by atoms with van der Waals surface area (Å²) in [6.45, 7) is 0. The minimum atomic E-state index is -4.41. The third-order valence-corrected chi connectivity index (χ3v) is 2.61. The highest BCUT2D eigenvalue weighted by Gasteiger charge is 2.50. The minimum absolute atomic E-state index is 0.0139. The molecule has 0 spiro atoms. The summed E-state index contributed by atoms with van der Waals surface area (Å²) >= 11 is 0. The molecule has 1 aliphatic carbocycles. The topological polar surface area (TPSA) is 36.7 Å². The number of halogens is 3. The van der Waals surface area contributed by atoms with Crippen molar-refractivity contribution >= 4 is 0 Å². The van der Waals surface area contributed by atoms with Crippen LogP contribution in [0.15, 0.2) is 18.5 Å². The number of hydrogen-bond acceptors (Lipinski definition) is 2. The van der Waals surface area contributed by atoms with Gasteiger partial charge in [-0.1, -0.05) is 0 Å². The molecule has 0 atom stereocenters. The van der Waals surface area contributed by atoms with Gasteiger partial charge in [0, 0.05) is 18.0 Å². The molecule has 5 heteroatoms. The summed E-state index contributed by atoms with van der Waals surface area (Å²) in [6, 6.07) is 2.86. The normalized spacial score (nSPS) is 18.3. The first-order valence-electron chi connectivity index (χ1n) is 4.42. The molecule has 0 aliphatic heterocycles. The third kappa shape index (κ3) is 1.56. The van der Waals surface area contributed by atoms with Crippen molar-refractivity contribution in [2.24, 2.45) is 0 Å². The third-order valence-electron chi connectivity index (χ3n) is 2.61. The molecule has 78 valence electrons. The number of alkyl halides is 3. The Morgan fingerprint density at radius 1 is 1.40 bits per heavy atom. The van der Waals surface area contributed by atoms with Crippen molar-refractivity contribution in [3.05, 3.63) is 29.6 Å². The fraction of sp³-hybridized carbons (Fsp3) is 0.400. The van der Waals surface area contributed by atoms with E-state index < -0.39 is 17.2 Å². The van der Waals surface area contributed by atoms with Gasteiger partial charge in [-0.05, 0) is 18.9 Å². The van der Waals surface area contributed by atoms with Crippen LogP contribution in [0.4, 0.5) is 13.2 Å². The average molecular weight is 212 g/mol. The molecule has 1 saturated carbocycles. The van der Waals surface area contributed by atoms with E-state index >= 15 is 0 Å². The molecule has 1 fully saturated rings. The standard InChI is InChI=1S/C10H7F3N2/c11-10(12,13)7-1-4-15-5-8(7)9(6-14)2-3-9/h1,4-5H,2-3H2. The lowest BCUT2D eigenvalue weighted by atomic mass is 9.94. The lowest BCUT2D eigenvalue weighted by Crippen LogP contribution is -2.15. The monoisotopic (exact) mass is 212 g/mol. The second kappa shape index (κ2) is 2.96. The van der Waals surface area contributed by atoms with Gasteiger partial charge in [0.15, 0.2) is 0 Å². The molecular formula is C10H7F3N2. The Kier molecular flexibility index (Phi) is 1.97. The molecule has 1 aromatic rings. The SMILES string of the molecule is N#CC1(c2cnccc2C(F)(F)F)CC1. The molecule has 1 aromatic heterocycles. The molecule has 0 bridgehead atoms. The quantitative estimate of drug-likeness (QED) is 0.717. The fourth-order valence-electron chi connectivity index (χ4n) is 1.59. The fourth-order valence-corrected chi connectivity index (χ4v) is 1.59. The molecule has 0 N–H and O–H groups in total. The number of nitriles is 1. The van der Waals surface area contributed by atoms with E-state index in [1.165, 1.54) is 0 Å². The summed E-state index contributed by atoms with van der Waals surface area (Å²) in [5, 5.41) is 8.86. The van der Waals surface area contributed by atoms with Crippen molar-refractivity contribution in [2.45, 2.75) is 24.4 Å². The Morgan fingerprint density at radius 3 is 2.53 bits per heavy atom. The average Bonchev–Trinajstić information content (AvgIpc) is 2.97. The minimum Gasteiger partial charge on any atom is -0.264 e. The molecule has 15 heavy (non-hydrogen) atoms. The number of aromatic nitrogens is 1. The molecule has 0 amide bonds. The zero-order valence-electron chi connectivity index (χ0n) is 7.67. The zero-order valence-corrected chi connectivity index (χ0v) is 7.67. The molecular weight excluding hydrogens is 205 g/mol. The van der Waals surface area contributed by atoms with Gasteiger partial charge in [0.25, 0.3) is 0 Å². The number of pyridine rings is 1. The molecule has 2 nitrogen and oxygen atoms in total. The first-order valence-corrected chi connectivity index (χ1v) is 4.42. The van der Waals surface area contributed by atoms with Crippen LogP contribution in [-0.2, 0) is 11.6 Å². The van der Waals surface area contributed by atoms with Gasteiger partial charge >= 0.3 is 6.18 Å². The van der Waals surface area contributed by atoms with Crippen molar-refractivity contribution in [1.29, 1.82) is 5.26 Å². The molecule has 0 saturated heterocycles. The van der Waals surface area contributed by atoms with Crippen molar-refractivity contribution in [2.75, 3.05) is 0 Å². The summed E-state index contributed by atoms with van der Waals surface area (Å²) in [4.78, 5) is 3.66. The highest BCUT2D eigenvalue weighted by molar-refractivity contribution is 5.43. The van der Waals surface area contributed by atoms with Crippen LogP contribution in [0.5, 0.6) is 0 Å². The maximum Gasteiger partial charge on any atom is 0.416 e. The molecule has 2 rings (SSSR count). The molecule has 1 heterocycles. The maximum absolute atomic E-state index is 12.6. The highest BCUT2D eigenvalue weighted by atomic mass is 19.4. The van der Waals surface area contributed by atoms with Crippen LogP contribution in [0.3, 0.4) is 0 Å². The van der Waals surface area contributed by atoms with Crippen LogP contribution in [0.1, 0.15) is 24.0 Å². The Hall–Kier alpha value is -1.57. The Labute approximate surface area is 84.4 Å². The predicted molar refractivity (Wildman–Crippen MR) is 45.8 cm³/mol. The predicted octanol–water partition coefficient (Wildman–Crippen LogP) is 2.66. The second-order valence-corrected chi connectivity index (χ2v) is 3.61. The van der Waals surface area contributed by atoms with E-state index in [0.717, 1.165) is 18.5 Å². The first kappa shape index (κ1) is 9.97. The lowest BCUT2D eigenvalue weighted by molar-refractivity contribution is -0.138. The number of nitrogens with zero attached hydrogens (tertiary/aromatic N) is 2. The van der Waals surface area contributed by atoms with Crippen LogP contribution < -0.4 is 0 Å². The summed E-state index contributed by atoms with van der Waals surface area (Å²) in [5.74, 6) is 0. The summed E-state index contributed by atoms with van der Waals surface area (Å²) < 4.78 is 37.8. The van der Waals surface area contributed by atoms with Gasteiger partial charge in [0.1, 0.15) is 0 Å². The Balaban J connectivity index is 2.54. The van der Waals surface area contributed by atoms with Crippen LogP contribution in [0.2, 0.25) is 0 Å². The molecule has 0 unspecified atom stereocenters. The second-order valence-electron chi connectivity index (χ2n) is 3.61. The van der Waals surface area contributed by atoms with Crippen LogP contribution in [-0.4, -0.2) is 4.98 Å². The summed E-state index contributed by atoms with van der Waals surface area (Å²) in [5.41, 5.74) is -1.67. The Morgan fingerprint density at radius 2 is 2.07 bits per heavy atom. The lowest BCUT2D eigenvalue weighted by Gasteiger charge is -2.14. The van der Waals surface area contributed by atoms with Crippen molar-refractivity contribution in [1.82, 2.24) is 4.98 Å². The number of rotatable bonds is 1. The Bertz CT molecular complexity index is 427. The van der Waals surface area contributed by atoms with E-state index in [0.29, 0.717) is 12.8 Å². The van der Waals surface area contributed by atoms with Gasteiger partial charge in [-0.25, -0.2) is 0 Å². The van der Waals surface area contributed by atoms with E-state index in [2.05, 4.69) is 4.98 Å². The van der Waals surface area contributed by atoms with Crippen LogP contribution in [0.25, 0.3) is 0 Å². The van der Waals surface area contributed by atoms with Gasteiger partial charge in [-0.2, -0.15) is 18.4 Å². The smallest absolute Gasteiger partial charge is 0.264 e. The van der Waals surface area contributed by atoms with Gasteiger partial charge in [-0.15, -0.1) is 0 Å². The summed E-state index contributed by atoms with van der Waals surface area (Å²) in [6.07, 6.45) is -1.19. The molecule has 1 aliphatic rings. The van der Waals surface area contributed by atoms with Crippen molar-refractivity contribution in [3.8, 4) is 6.07 Å². The first-order chi connectivity index (χ1) is 6.99. The highest BCUT2D eigenvalue weighted by Crippen LogP contribution is 2.50. The van der Waals surface area contributed by atoms with Gasteiger partial charge < -0.3 is 0 Å². The largest absolute Gasteiger partial charge is 0.416 e. The van der Waals surface area contributed by atoms with Crippen molar-refractivity contribution in [3.63, 3.8) is 0 Å². The van der Waals surface area contributed by atoms with E-state index in [-0.39, 0.29) is 5.56 Å². The molecule has 0 aromatic carbocycles. The van der Waals surface area contributed by atoms with Gasteiger partial charge in [0.05, 0.1) is 17.0 Å².